The summed E-state index contributed by atoms with van der Waals surface area (Å²) in [6.07, 6.45) is 3.67. The van der Waals surface area contributed by atoms with Gasteiger partial charge in [-0.1, -0.05) is 18.6 Å². The Kier molecular flexibility index (Phi) is 7.44. The van der Waals surface area contributed by atoms with Crippen molar-refractivity contribution >= 4 is 33.0 Å². The van der Waals surface area contributed by atoms with Crippen molar-refractivity contribution in [1.82, 2.24) is 4.31 Å². The highest BCUT2D eigenvalue weighted by atomic mass is 32.2. The van der Waals surface area contributed by atoms with Crippen LogP contribution in [0.3, 0.4) is 0 Å². The first-order valence-electron chi connectivity index (χ1n) is 11.4. The summed E-state index contributed by atoms with van der Waals surface area (Å²) in [6, 6.07) is 11.1. The minimum absolute atomic E-state index is 0.0782. The van der Waals surface area contributed by atoms with E-state index in [2.05, 4.69) is 10.6 Å². The van der Waals surface area contributed by atoms with Crippen molar-refractivity contribution in [1.29, 1.82) is 0 Å². The van der Waals surface area contributed by atoms with E-state index in [1.807, 2.05) is 6.07 Å². The van der Waals surface area contributed by atoms with E-state index in [-0.39, 0.29) is 28.7 Å². The number of nitro groups is 1. The topological polar surface area (TPSA) is 131 Å². The molecule has 2 fully saturated rings. The predicted octanol–water partition coefficient (Wildman–Crippen LogP) is 3.50. The van der Waals surface area contributed by atoms with Crippen molar-refractivity contribution in [3.63, 3.8) is 0 Å². The molecule has 2 saturated heterocycles. The molecule has 0 spiro atoms. The monoisotopic (exact) mass is 488 g/mol. The number of piperidine rings is 1. The molecular weight excluding hydrogens is 460 g/mol. The van der Waals surface area contributed by atoms with Gasteiger partial charge in [0.1, 0.15) is 11.8 Å². The van der Waals surface area contributed by atoms with Crippen LogP contribution in [-0.2, 0) is 26.1 Å². The zero-order valence-electron chi connectivity index (χ0n) is 18.7. The summed E-state index contributed by atoms with van der Waals surface area (Å²) < 4.78 is 32.6. The summed E-state index contributed by atoms with van der Waals surface area (Å²) in [7, 11) is -3.78. The number of rotatable bonds is 8. The van der Waals surface area contributed by atoms with E-state index in [1.165, 1.54) is 16.4 Å². The summed E-state index contributed by atoms with van der Waals surface area (Å²) in [5.41, 5.74) is 1.32. The van der Waals surface area contributed by atoms with Crippen LogP contribution in [0.4, 0.5) is 17.1 Å². The number of sulfonamides is 1. The van der Waals surface area contributed by atoms with E-state index < -0.39 is 21.1 Å². The lowest BCUT2D eigenvalue weighted by atomic mass is 10.1. The third-order valence-electron chi connectivity index (χ3n) is 6.02. The number of nitrogens with one attached hydrogen (secondary N) is 2. The number of ether oxygens (including phenoxy) is 1. The highest BCUT2D eigenvalue weighted by Crippen LogP contribution is 2.30. The molecule has 2 N–H and O–H groups in total. The lowest BCUT2D eigenvalue weighted by molar-refractivity contribution is -0.384. The van der Waals surface area contributed by atoms with Gasteiger partial charge in [0, 0.05) is 38.0 Å². The third kappa shape index (κ3) is 5.54. The molecular formula is C23H28N4O6S. The van der Waals surface area contributed by atoms with Crippen molar-refractivity contribution in [2.75, 3.05) is 30.3 Å². The van der Waals surface area contributed by atoms with Crippen molar-refractivity contribution in [2.24, 2.45) is 0 Å². The summed E-state index contributed by atoms with van der Waals surface area (Å²) in [5.74, 6) is -0.191. The Hall–Kier alpha value is -3.02. The molecule has 34 heavy (non-hydrogen) atoms. The van der Waals surface area contributed by atoms with Crippen molar-refractivity contribution in [2.45, 2.75) is 49.6 Å². The Morgan fingerprint density at radius 1 is 1.12 bits per heavy atom. The first-order chi connectivity index (χ1) is 16.3. The van der Waals surface area contributed by atoms with Crippen LogP contribution in [0.15, 0.2) is 47.4 Å². The van der Waals surface area contributed by atoms with Crippen LogP contribution in [0.1, 0.15) is 37.7 Å². The molecule has 1 amide bonds. The van der Waals surface area contributed by atoms with Gasteiger partial charge in [-0.2, -0.15) is 4.31 Å². The molecule has 2 aliphatic heterocycles. The molecule has 0 radical (unpaired) electrons. The largest absolute Gasteiger partial charge is 0.375 e. The second kappa shape index (κ2) is 10.5. The molecule has 11 heteroatoms. The Labute approximate surface area is 198 Å². The maximum absolute atomic E-state index is 12.9. The Bertz CT molecular complexity index is 1160. The lowest BCUT2D eigenvalue weighted by Crippen LogP contribution is -2.35. The third-order valence-corrected chi connectivity index (χ3v) is 7.91. The minimum atomic E-state index is -3.78. The number of benzene rings is 2. The normalized spacial score (nSPS) is 19.0. The van der Waals surface area contributed by atoms with Crippen LogP contribution in [0.25, 0.3) is 0 Å². The smallest absolute Gasteiger partial charge is 0.293 e. The number of carbonyl (C=O) groups is 1. The fraction of sp³-hybridized carbons (Fsp3) is 0.435. The van der Waals surface area contributed by atoms with E-state index in [4.69, 9.17) is 4.74 Å². The van der Waals surface area contributed by atoms with E-state index in [9.17, 15) is 23.3 Å². The lowest BCUT2D eigenvalue weighted by Gasteiger charge is -2.25. The van der Waals surface area contributed by atoms with Gasteiger partial charge in [0.25, 0.3) is 11.6 Å². The fourth-order valence-electron chi connectivity index (χ4n) is 4.19. The summed E-state index contributed by atoms with van der Waals surface area (Å²) in [4.78, 5) is 23.3. The highest BCUT2D eigenvalue weighted by Gasteiger charge is 2.28. The zero-order valence-corrected chi connectivity index (χ0v) is 19.6. The molecule has 4 rings (SSSR count). The predicted molar refractivity (Wildman–Crippen MR) is 127 cm³/mol. The molecule has 10 nitrogen and oxygen atoms in total. The molecule has 1 atom stereocenters. The van der Waals surface area contributed by atoms with Gasteiger partial charge in [-0.05, 0) is 55.5 Å². The highest BCUT2D eigenvalue weighted by molar-refractivity contribution is 7.89. The van der Waals surface area contributed by atoms with Crippen LogP contribution >= 0.6 is 0 Å². The average molecular weight is 489 g/mol. The van der Waals surface area contributed by atoms with Gasteiger partial charge in [-0.3, -0.25) is 14.9 Å². The SMILES string of the molecule is O=C(Nc1cccc(CNc2ccc(S(=O)(=O)N3CCCCC3)cc2[N+](=O)[O-])c1)C1CCCO1. The van der Waals surface area contributed by atoms with Gasteiger partial charge in [-0.25, -0.2) is 8.42 Å². The molecule has 2 aliphatic rings. The van der Waals surface area contributed by atoms with Crippen LogP contribution < -0.4 is 10.6 Å². The second-order valence-electron chi connectivity index (χ2n) is 8.45. The van der Waals surface area contributed by atoms with E-state index >= 15 is 0 Å². The van der Waals surface area contributed by atoms with Crippen LogP contribution in [0.5, 0.6) is 0 Å². The number of hydrogen-bond donors (Lipinski definition) is 2. The van der Waals surface area contributed by atoms with Gasteiger partial charge < -0.3 is 15.4 Å². The first-order valence-corrected chi connectivity index (χ1v) is 12.8. The van der Waals surface area contributed by atoms with Crippen LogP contribution in [0, 0.1) is 10.1 Å². The van der Waals surface area contributed by atoms with Gasteiger partial charge in [0.15, 0.2) is 0 Å². The Morgan fingerprint density at radius 2 is 1.91 bits per heavy atom. The van der Waals surface area contributed by atoms with Gasteiger partial charge in [-0.15, -0.1) is 0 Å². The maximum atomic E-state index is 12.9. The quantitative estimate of drug-likeness (QED) is 0.429. The van der Waals surface area contributed by atoms with Crippen molar-refractivity contribution in [3.8, 4) is 0 Å². The number of anilines is 2. The molecule has 2 heterocycles. The van der Waals surface area contributed by atoms with E-state index in [0.717, 1.165) is 37.3 Å². The number of carbonyl (C=O) groups excluding carboxylic acids is 1. The number of hydrogen-bond acceptors (Lipinski definition) is 7. The number of nitro benzene ring substituents is 1. The van der Waals surface area contributed by atoms with Gasteiger partial charge >= 0.3 is 0 Å². The molecule has 2 aromatic rings. The summed E-state index contributed by atoms with van der Waals surface area (Å²) in [5, 5.41) is 17.5. The molecule has 0 bridgehead atoms. The zero-order chi connectivity index (χ0) is 24.1. The molecule has 182 valence electrons. The molecule has 0 saturated carbocycles. The van der Waals surface area contributed by atoms with E-state index in [1.54, 1.807) is 18.2 Å². The summed E-state index contributed by atoms with van der Waals surface area (Å²) in [6.45, 7) is 1.69. The Balaban J connectivity index is 1.46. The van der Waals surface area contributed by atoms with Gasteiger partial charge in [0.05, 0.1) is 9.82 Å². The van der Waals surface area contributed by atoms with Gasteiger partial charge in [0.2, 0.25) is 10.0 Å². The second-order valence-corrected chi connectivity index (χ2v) is 10.4. The number of nitrogens with zero attached hydrogens (tertiary/aromatic N) is 2. The molecule has 0 aromatic heterocycles. The average Bonchev–Trinajstić information content (AvgIpc) is 3.39. The molecule has 0 aliphatic carbocycles. The number of amides is 1. The fourth-order valence-corrected chi connectivity index (χ4v) is 5.73. The Morgan fingerprint density at radius 3 is 2.62 bits per heavy atom. The summed E-state index contributed by atoms with van der Waals surface area (Å²) >= 11 is 0. The van der Waals surface area contributed by atoms with Crippen molar-refractivity contribution < 1.29 is 22.9 Å². The van der Waals surface area contributed by atoms with Crippen LogP contribution in [0.2, 0.25) is 0 Å². The molecule has 1 unspecified atom stereocenters. The first kappa shape index (κ1) is 24.1. The van der Waals surface area contributed by atoms with Crippen molar-refractivity contribution in [3.05, 3.63) is 58.1 Å². The standard InChI is InChI=1S/C23H28N4O6S/c28-23(22-8-5-13-33-22)25-18-7-4-6-17(14-18)16-24-20-10-9-19(15-21(20)27(29)30)34(31,32)26-11-2-1-3-12-26/h4,6-7,9-10,14-15,22,24H,1-3,5,8,11-13,16H2,(H,25,28). The maximum Gasteiger partial charge on any atom is 0.293 e. The molecule has 2 aromatic carbocycles. The van der Waals surface area contributed by atoms with E-state index in [0.29, 0.717) is 31.8 Å². The minimum Gasteiger partial charge on any atom is -0.375 e. The van der Waals surface area contributed by atoms with Crippen LogP contribution in [-0.4, -0.2) is 49.4 Å².